The van der Waals surface area contributed by atoms with Crippen LogP contribution in [0.3, 0.4) is 0 Å². The zero-order chi connectivity index (χ0) is 16.6. The van der Waals surface area contributed by atoms with Crippen LogP contribution in [-0.2, 0) is 4.79 Å². The Morgan fingerprint density at radius 2 is 1.00 bits per heavy atom. The predicted octanol–water partition coefficient (Wildman–Crippen LogP) is 4.75. The summed E-state index contributed by atoms with van der Waals surface area (Å²) >= 11 is 0. The number of rotatable bonds is 3. The van der Waals surface area contributed by atoms with Crippen molar-refractivity contribution >= 4 is 5.97 Å². The Labute approximate surface area is 132 Å². The van der Waals surface area contributed by atoms with Gasteiger partial charge in [-0.3, -0.25) is 4.79 Å². The maximum Gasteiger partial charge on any atom is 0.315 e. The van der Waals surface area contributed by atoms with Crippen molar-refractivity contribution in [3.63, 3.8) is 0 Å². The first-order valence-electron chi connectivity index (χ1n) is 7.60. The molecule has 0 aliphatic heterocycles. The van der Waals surface area contributed by atoms with Gasteiger partial charge in [0.05, 0.1) is 0 Å². The summed E-state index contributed by atoms with van der Waals surface area (Å²) in [5.74, 6) is -1.40. The van der Waals surface area contributed by atoms with E-state index in [0.29, 0.717) is 0 Å². The highest BCUT2D eigenvalue weighted by atomic mass is 16.4. The first-order chi connectivity index (χ1) is 10.2. The standard InChI is InChI=1S/C20H24O2/c1-11-7-13(3)17(14(4)8-11)19(20(21)22)18-15(5)9-12(2)10-16(18)6/h7-10,19H,1-6H3,(H,21,22). The number of benzene rings is 2. The van der Waals surface area contributed by atoms with Gasteiger partial charge >= 0.3 is 5.97 Å². The molecule has 0 aliphatic rings. The molecule has 0 radical (unpaired) electrons. The fourth-order valence-electron chi connectivity index (χ4n) is 3.68. The maximum atomic E-state index is 12.1. The zero-order valence-electron chi connectivity index (χ0n) is 14.2. The second-order valence-electron chi connectivity index (χ2n) is 6.40. The molecular weight excluding hydrogens is 272 g/mol. The molecule has 116 valence electrons. The van der Waals surface area contributed by atoms with E-state index in [9.17, 15) is 9.90 Å². The topological polar surface area (TPSA) is 37.3 Å². The minimum Gasteiger partial charge on any atom is -0.481 e. The van der Waals surface area contributed by atoms with Crippen LogP contribution < -0.4 is 0 Å². The molecule has 0 saturated heterocycles. The third-order valence-corrected chi connectivity index (χ3v) is 4.30. The molecule has 2 aromatic rings. The molecule has 0 atom stereocenters. The number of aryl methyl sites for hydroxylation is 6. The lowest BCUT2D eigenvalue weighted by molar-refractivity contribution is -0.137. The van der Waals surface area contributed by atoms with Gasteiger partial charge in [0.2, 0.25) is 0 Å². The van der Waals surface area contributed by atoms with Gasteiger partial charge in [0.25, 0.3) is 0 Å². The summed E-state index contributed by atoms with van der Waals surface area (Å²) in [4.78, 5) is 12.1. The van der Waals surface area contributed by atoms with Crippen LogP contribution in [0.25, 0.3) is 0 Å². The molecule has 2 aromatic carbocycles. The van der Waals surface area contributed by atoms with Crippen LogP contribution in [0.2, 0.25) is 0 Å². The van der Waals surface area contributed by atoms with E-state index in [4.69, 9.17) is 0 Å². The highest BCUT2D eigenvalue weighted by Gasteiger charge is 2.28. The molecule has 0 bridgehead atoms. The Hall–Kier alpha value is -2.09. The van der Waals surface area contributed by atoms with Crippen LogP contribution in [0.1, 0.15) is 50.4 Å². The average molecular weight is 296 g/mol. The number of carboxylic acid groups (broad SMARTS) is 1. The Morgan fingerprint density at radius 1 is 0.727 bits per heavy atom. The summed E-state index contributed by atoms with van der Waals surface area (Å²) in [7, 11) is 0. The van der Waals surface area contributed by atoms with Crippen LogP contribution in [0.15, 0.2) is 24.3 Å². The fourth-order valence-corrected chi connectivity index (χ4v) is 3.68. The summed E-state index contributed by atoms with van der Waals surface area (Å²) in [6.07, 6.45) is 0. The summed E-state index contributed by atoms with van der Waals surface area (Å²) in [6.45, 7) is 12.1. The van der Waals surface area contributed by atoms with Gasteiger partial charge in [0.15, 0.2) is 0 Å². The van der Waals surface area contributed by atoms with Gasteiger partial charge in [0.1, 0.15) is 5.92 Å². The minimum atomic E-state index is -0.787. The molecule has 0 amide bonds. The van der Waals surface area contributed by atoms with E-state index >= 15 is 0 Å². The smallest absolute Gasteiger partial charge is 0.315 e. The number of hydrogen-bond donors (Lipinski definition) is 1. The largest absolute Gasteiger partial charge is 0.481 e. The van der Waals surface area contributed by atoms with Crippen LogP contribution in [0, 0.1) is 41.5 Å². The van der Waals surface area contributed by atoms with E-state index in [0.717, 1.165) is 33.4 Å². The first-order valence-corrected chi connectivity index (χ1v) is 7.60. The second-order valence-corrected chi connectivity index (χ2v) is 6.40. The molecular formula is C20H24O2. The first kappa shape index (κ1) is 16.3. The predicted molar refractivity (Wildman–Crippen MR) is 90.8 cm³/mol. The highest BCUT2D eigenvalue weighted by Crippen LogP contribution is 2.35. The van der Waals surface area contributed by atoms with E-state index in [1.54, 1.807) is 0 Å². The highest BCUT2D eigenvalue weighted by molar-refractivity contribution is 5.83. The Kier molecular flexibility index (Phi) is 4.41. The van der Waals surface area contributed by atoms with E-state index in [1.807, 2.05) is 41.5 Å². The number of aliphatic carboxylic acids is 1. The van der Waals surface area contributed by atoms with E-state index in [-0.39, 0.29) is 0 Å². The summed E-state index contributed by atoms with van der Waals surface area (Å²) < 4.78 is 0. The van der Waals surface area contributed by atoms with Crippen molar-refractivity contribution in [2.24, 2.45) is 0 Å². The summed E-state index contributed by atoms with van der Waals surface area (Å²) in [6, 6.07) is 8.27. The van der Waals surface area contributed by atoms with E-state index in [1.165, 1.54) is 11.1 Å². The molecule has 2 rings (SSSR count). The lowest BCUT2D eigenvalue weighted by atomic mass is 9.80. The average Bonchev–Trinajstić information content (AvgIpc) is 2.34. The lowest BCUT2D eigenvalue weighted by Crippen LogP contribution is -2.18. The van der Waals surface area contributed by atoms with Crippen LogP contribution in [0.5, 0.6) is 0 Å². The van der Waals surface area contributed by atoms with Crippen molar-refractivity contribution < 1.29 is 9.90 Å². The SMILES string of the molecule is Cc1cc(C)c(C(C(=O)O)c2c(C)cc(C)cc2C)c(C)c1. The third kappa shape index (κ3) is 2.92. The van der Waals surface area contributed by atoms with Crippen LogP contribution in [-0.4, -0.2) is 11.1 Å². The molecule has 22 heavy (non-hydrogen) atoms. The number of hydrogen-bond acceptors (Lipinski definition) is 1. The molecule has 0 spiro atoms. The van der Waals surface area contributed by atoms with Gasteiger partial charge in [-0.05, 0) is 74.9 Å². The van der Waals surface area contributed by atoms with Crippen molar-refractivity contribution in [1.82, 2.24) is 0 Å². The van der Waals surface area contributed by atoms with Crippen LogP contribution in [0.4, 0.5) is 0 Å². The molecule has 2 heteroatoms. The van der Waals surface area contributed by atoms with Crippen molar-refractivity contribution in [2.45, 2.75) is 47.5 Å². The molecule has 0 aliphatic carbocycles. The van der Waals surface area contributed by atoms with Gasteiger partial charge < -0.3 is 5.11 Å². The van der Waals surface area contributed by atoms with Gasteiger partial charge in [-0.25, -0.2) is 0 Å². The van der Waals surface area contributed by atoms with Crippen molar-refractivity contribution in [3.8, 4) is 0 Å². The number of carbonyl (C=O) groups is 1. The zero-order valence-corrected chi connectivity index (χ0v) is 14.2. The van der Waals surface area contributed by atoms with E-state index < -0.39 is 11.9 Å². The molecule has 1 N–H and O–H groups in total. The quantitative estimate of drug-likeness (QED) is 0.887. The van der Waals surface area contributed by atoms with Crippen molar-refractivity contribution in [3.05, 3.63) is 68.8 Å². The Morgan fingerprint density at radius 3 is 1.23 bits per heavy atom. The number of carboxylic acids is 1. The Balaban J connectivity index is 2.76. The van der Waals surface area contributed by atoms with Gasteiger partial charge in [-0.15, -0.1) is 0 Å². The minimum absolute atomic E-state index is 0.610. The second kappa shape index (κ2) is 5.96. The monoisotopic (exact) mass is 296 g/mol. The van der Waals surface area contributed by atoms with Gasteiger partial charge in [0, 0.05) is 0 Å². The van der Waals surface area contributed by atoms with Crippen molar-refractivity contribution in [1.29, 1.82) is 0 Å². The van der Waals surface area contributed by atoms with Crippen molar-refractivity contribution in [2.75, 3.05) is 0 Å². The lowest BCUT2D eigenvalue weighted by Gasteiger charge is -2.23. The molecule has 0 fully saturated rings. The molecule has 0 saturated carbocycles. The normalized spacial score (nSPS) is 11.0. The van der Waals surface area contributed by atoms with Crippen LogP contribution >= 0.6 is 0 Å². The van der Waals surface area contributed by atoms with Gasteiger partial charge in [-0.1, -0.05) is 35.4 Å². The molecule has 0 heterocycles. The fraction of sp³-hybridized carbons (Fsp3) is 0.350. The molecule has 0 unspecified atom stereocenters. The summed E-state index contributed by atoms with van der Waals surface area (Å²) in [5, 5.41) is 9.92. The summed E-state index contributed by atoms with van der Waals surface area (Å²) in [5.41, 5.74) is 8.36. The third-order valence-electron chi connectivity index (χ3n) is 4.30. The molecule has 2 nitrogen and oxygen atoms in total. The maximum absolute atomic E-state index is 12.1. The Bertz CT molecular complexity index is 638. The van der Waals surface area contributed by atoms with E-state index in [2.05, 4.69) is 24.3 Å². The molecule has 0 aromatic heterocycles. The van der Waals surface area contributed by atoms with Gasteiger partial charge in [-0.2, -0.15) is 0 Å².